The molecule has 0 amide bonds. The standard InChI is InChI=1S/C12H15FO/c1-3-5-9-6-7-10(13)8-11(9)12(14)4-2/h4,6-8,12,14H,2-3,5H2,1H3. The second kappa shape index (κ2) is 4.91. The fourth-order valence-corrected chi connectivity index (χ4v) is 1.47. The highest BCUT2D eigenvalue weighted by Gasteiger charge is 2.09. The molecule has 1 unspecified atom stereocenters. The van der Waals surface area contributed by atoms with Crippen LogP contribution in [0.5, 0.6) is 0 Å². The van der Waals surface area contributed by atoms with E-state index in [0.29, 0.717) is 5.56 Å². The summed E-state index contributed by atoms with van der Waals surface area (Å²) in [7, 11) is 0. The molecule has 0 heterocycles. The van der Waals surface area contributed by atoms with E-state index < -0.39 is 6.10 Å². The Morgan fingerprint density at radius 2 is 2.29 bits per heavy atom. The summed E-state index contributed by atoms with van der Waals surface area (Å²) in [4.78, 5) is 0. The van der Waals surface area contributed by atoms with Crippen LogP contribution < -0.4 is 0 Å². The van der Waals surface area contributed by atoms with Crippen molar-refractivity contribution >= 4 is 0 Å². The number of aryl methyl sites for hydroxylation is 1. The monoisotopic (exact) mass is 194 g/mol. The molecule has 0 aliphatic heterocycles. The van der Waals surface area contributed by atoms with Crippen LogP contribution in [0.4, 0.5) is 4.39 Å². The van der Waals surface area contributed by atoms with Crippen molar-refractivity contribution in [3.63, 3.8) is 0 Å². The fourth-order valence-electron chi connectivity index (χ4n) is 1.47. The first-order valence-corrected chi connectivity index (χ1v) is 4.78. The molecule has 14 heavy (non-hydrogen) atoms. The summed E-state index contributed by atoms with van der Waals surface area (Å²) < 4.78 is 12.9. The van der Waals surface area contributed by atoms with Gasteiger partial charge in [-0.05, 0) is 29.7 Å². The van der Waals surface area contributed by atoms with Crippen molar-refractivity contribution in [2.45, 2.75) is 25.9 Å². The SMILES string of the molecule is C=CC(O)c1cc(F)ccc1CCC. The first-order valence-electron chi connectivity index (χ1n) is 4.78. The predicted octanol–water partition coefficient (Wildman–Crippen LogP) is 3.00. The smallest absolute Gasteiger partial charge is 0.123 e. The van der Waals surface area contributed by atoms with Gasteiger partial charge in [0, 0.05) is 0 Å². The van der Waals surface area contributed by atoms with Gasteiger partial charge in [-0.3, -0.25) is 0 Å². The lowest BCUT2D eigenvalue weighted by molar-refractivity contribution is 0.227. The molecule has 0 bridgehead atoms. The van der Waals surface area contributed by atoms with Gasteiger partial charge >= 0.3 is 0 Å². The second-order valence-electron chi connectivity index (χ2n) is 3.27. The van der Waals surface area contributed by atoms with E-state index in [0.717, 1.165) is 18.4 Å². The molecule has 1 nitrogen and oxygen atoms in total. The highest BCUT2D eigenvalue weighted by atomic mass is 19.1. The number of hydrogen-bond acceptors (Lipinski definition) is 1. The van der Waals surface area contributed by atoms with Crippen molar-refractivity contribution in [3.8, 4) is 0 Å². The van der Waals surface area contributed by atoms with E-state index in [1.165, 1.54) is 18.2 Å². The lowest BCUT2D eigenvalue weighted by Gasteiger charge is -2.11. The van der Waals surface area contributed by atoms with Gasteiger partial charge in [-0.25, -0.2) is 4.39 Å². The predicted molar refractivity (Wildman–Crippen MR) is 55.6 cm³/mol. The number of halogens is 1. The van der Waals surface area contributed by atoms with Crippen molar-refractivity contribution in [1.82, 2.24) is 0 Å². The molecule has 0 aliphatic rings. The maximum Gasteiger partial charge on any atom is 0.123 e. The van der Waals surface area contributed by atoms with Crippen LogP contribution in [0.3, 0.4) is 0 Å². The van der Waals surface area contributed by atoms with Gasteiger partial charge in [-0.2, -0.15) is 0 Å². The highest BCUT2D eigenvalue weighted by molar-refractivity contribution is 5.31. The molecular weight excluding hydrogens is 179 g/mol. The van der Waals surface area contributed by atoms with E-state index in [1.54, 1.807) is 6.07 Å². The van der Waals surface area contributed by atoms with Crippen LogP contribution in [0.2, 0.25) is 0 Å². The highest BCUT2D eigenvalue weighted by Crippen LogP contribution is 2.21. The van der Waals surface area contributed by atoms with E-state index in [2.05, 4.69) is 6.58 Å². The van der Waals surface area contributed by atoms with E-state index in [9.17, 15) is 9.50 Å². The molecule has 76 valence electrons. The molecule has 0 saturated carbocycles. The maximum absolute atomic E-state index is 12.9. The summed E-state index contributed by atoms with van der Waals surface area (Å²) in [5, 5.41) is 9.58. The van der Waals surface area contributed by atoms with Crippen LogP contribution in [0.25, 0.3) is 0 Å². The third-order valence-electron chi connectivity index (χ3n) is 2.17. The molecule has 0 aromatic heterocycles. The van der Waals surface area contributed by atoms with Gasteiger partial charge < -0.3 is 5.11 Å². The summed E-state index contributed by atoms with van der Waals surface area (Å²) in [6, 6.07) is 4.52. The number of aliphatic hydroxyl groups excluding tert-OH is 1. The maximum atomic E-state index is 12.9. The van der Waals surface area contributed by atoms with E-state index >= 15 is 0 Å². The van der Waals surface area contributed by atoms with Gasteiger partial charge in [-0.15, -0.1) is 6.58 Å². The molecular formula is C12H15FO. The summed E-state index contributed by atoms with van der Waals surface area (Å²) in [6.45, 7) is 5.54. The summed E-state index contributed by atoms with van der Waals surface area (Å²) in [5.74, 6) is -0.319. The zero-order valence-electron chi connectivity index (χ0n) is 8.33. The quantitative estimate of drug-likeness (QED) is 0.730. The molecule has 1 N–H and O–H groups in total. The van der Waals surface area contributed by atoms with Crippen LogP contribution >= 0.6 is 0 Å². The lowest BCUT2D eigenvalue weighted by atomic mass is 9.99. The topological polar surface area (TPSA) is 20.2 Å². The van der Waals surface area contributed by atoms with Gasteiger partial charge in [0.15, 0.2) is 0 Å². The minimum Gasteiger partial charge on any atom is -0.384 e. The Labute approximate surface area is 83.9 Å². The van der Waals surface area contributed by atoms with Crippen molar-refractivity contribution in [2.24, 2.45) is 0 Å². The van der Waals surface area contributed by atoms with Crippen LogP contribution in [0.1, 0.15) is 30.6 Å². The molecule has 0 fully saturated rings. The third kappa shape index (κ3) is 2.42. The van der Waals surface area contributed by atoms with Crippen molar-refractivity contribution < 1.29 is 9.50 Å². The zero-order valence-corrected chi connectivity index (χ0v) is 8.33. The van der Waals surface area contributed by atoms with Crippen LogP contribution in [-0.2, 0) is 6.42 Å². The normalized spacial score (nSPS) is 12.5. The van der Waals surface area contributed by atoms with Gasteiger partial charge in [-0.1, -0.05) is 25.5 Å². The summed E-state index contributed by atoms with van der Waals surface area (Å²) >= 11 is 0. The fraction of sp³-hybridized carbons (Fsp3) is 0.333. The lowest BCUT2D eigenvalue weighted by Crippen LogP contribution is -2.00. The van der Waals surface area contributed by atoms with Gasteiger partial charge in [0.05, 0.1) is 6.10 Å². The molecule has 0 spiro atoms. The molecule has 1 atom stereocenters. The number of hydrogen-bond donors (Lipinski definition) is 1. The zero-order chi connectivity index (χ0) is 10.6. The minimum atomic E-state index is -0.771. The second-order valence-corrected chi connectivity index (χ2v) is 3.27. The average Bonchev–Trinajstić information content (AvgIpc) is 2.20. The van der Waals surface area contributed by atoms with Gasteiger partial charge in [0.25, 0.3) is 0 Å². The average molecular weight is 194 g/mol. The Morgan fingerprint density at radius 3 is 2.86 bits per heavy atom. The molecule has 1 rings (SSSR count). The van der Waals surface area contributed by atoms with E-state index in [1.807, 2.05) is 6.92 Å². The van der Waals surface area contributed by atoms with Gasteiger partial charge in [0.1, 0.15) is 5.82 Å². The Hall–Kier alpha value is -1.15. The number of aliphatic hydroxyl groups is 1. The molecule has 1 aromatic carbocycles. The largest absolute Gasteiger partial charge is 0.384 e. The van der Waals surface area contributed by atoms with Crippen molar-refractivity contribution in [3.05, 3.63) is 47.8 Å². The summed E-state index contributed by atoms with van der Waals surface area (Å²) in [6.07, 6.45) is 2.46. The molecule has 2 heteroatoms. The van der Waals surface area contributed by atoms with Gasteiger partial charge in [0.2, 0.25) is 0 Å². The number of rotatable bonds is 4. The van der Waals surface area contributed by atoms with Crippen molar-refractivity contribution in [2.75, 3.05) is 0 Å². The van der Waals surface area contributed by atoms with Crippen LogP contribution in [-0.4, -0.2) is 5.11 Å². The van der Waals surface area contributed by atoms with E-state index in [4.69, 9.17) is 0 Å². The molecule has 1 aromatic rings. The van der Waals surface area contributed by atoms with Crippen molar-refractivity contribution in [1.29, 1.82) is 0 Å². The minimum absolute atomic E-state index is 0.319. The number of benzene rings is 1. The Morgan fingerprint density at radius 1 is 1.57 bits per heavy atom. The molecule has 0 saturated heterocycles. The Bertz CT molecular complexity index is 320. The molecule has 0 aliphatic carbocycles. The third-order valence-corrected chi connectivity index (χ3v) is 2.17. The Balaban J connectivity index is 3.08. The molecule has 0 radical (unpaired) electrons. The van der Waals surface area contributed by atoms with Crippen LogP contribution in [0, 0.1) is 5.82 Å². The Kier molecular flexibility index (Phi) is 3.84. The van der Waals surface area contributed by atoms with Crippen LogP contribution in [0.15, 0.2) is 30.9 Å². The first kappa shape index (κ1) is 10.9. The first-order chi connectivity index (χ1) is 6.69. The summed E-state index contributed by atoms with van der Waals surface area (Å²) in [5.41, 5.74) is 1.61. The van der Waals surface area contributed by atoms with E-state index in [-0.39, 0.29) is 5.82 Å².